The van der Waals surface area contributed by atoms with Crippen molar-refractivity contribution in [2.75, 3.05) is 14.1 Å². The second-order valence-corrected chi connectivity index (χ2v) is 4.57. The van der Waals surface area contributed by atoms with Crippen LogP contribution >= 0.6 is 0 Å². The predicted octanol–water partition coefficient (Wildman–Crippen LogP) is 1.54. The molecule has 1 N–H and O–H groups in total. The number of hydrogen-bond donors (Lipinski definition) is 1. The number of aliphatic carboxylic acids is 1. The summed E-state index contributed by atoms with van der Waals surface area (Å²) in [4.78, 5) is 23.0. The molecule has 0 saturated heterocycles. The fraction of sp³-hybridized carbons (Fsp3) is 0.417. The molecule has 18 heavy (non-hydrogen) atoms. The zero-order chi connectivity index (χ0) is 13.9. The average Bonchev–Trinajstić information content (AvgIpc) is 2.29. The van der Waals surface area contributed by atoms with Gasteiger partial charge in [0.1, 0.15) is 5.54 Å². The molecule has 0 aromatic heterocycles. The van der Waals surface area contributed by atoms with Gasteiger partial charge < -0.3 is 5.11 Å². The summed E-state index contributed by atoms with van der Waals surface area (Å²) in [6.07, 6.45) is 0.285. The maximum atomic E-state index is 11.3. The van der Waals surface area contributed by atoms with Gasteiger partial charge in [-0.1, -0.05) is 12.1 Å². The molecule has 1 rings (SSSR count). The minimum Gasteiger partial charge on any atom is -0.480 e. The molecule has 0 amide bonds. The first-order chi connectivity index (χ1) is 8.27. The molecule has 6 heteroatoms. The van der Waals surface area contributed by atoms with Crippen LogP contribution in [0.1, 0.15) is 12.5 Å². The van der Waals surface area contributed by atoms with E-state index in [1.54, 1.807) is 38.1 Å². The van der Waals surface area contributed by atoms with Gasteiger partial charge in [0.2, 0.25) is 0 Å². The number of nitro groups is 1. The van der Waals surface area contributed by atoms with Crippen molar-refractivity contribution in [1.82, 2.24) is 4.90 Å². The van der Waals surface area contributed by atoms with Gasteiger partial charge in [-0.25, -0.2) is 0 Å². The molecule has 1 aromatic carbocycles. The van der Waals surface area contributed by atoms with Crippen LogP contribution in [-0.4, -0.2) is 40.5 Å². The third-order valence-electron chi connectivity index (χ3n) is 3.14. The fourth-order valence-corrected chi connectivity index (χ4v) is 1.56. The van der Waals surface area contributed by atoms with Crippen molar-refractivity contribution in [2.45, 2.75) is 18.9 Å². The lowest BCUT2D eigenvalue weighted by Crippen LogP contribution is -2.50. The highest BCUT2D eigenvalue weighted by Crippen LogP contribution is 2.21. The summed E-state index contributed by atoms with van der Waals surface area (Å²) in [7, 11) is 3.39. The Morgan fingerprint density at radius 3 is 2.22 bits per heavy atom. The van der Waals surface area contributed by atoms with E-state index in [1.807, 2.05) is 0 Å². The van der Waals surface area contributed by atoms with Crippen LogP contribution in [-0.2, 0) is 11.2 Å². The van der Waals surface area contributed by atoms with Gasteiger partial charge in [-0.3, -0.25) is 19.8 Å². The number of nitrogens with zero attached hydrogens (tertiary/aromatic N) is 2. The van der Waals surface area contributed by atoms with E-state index in [0.29, 0.717) is 0 Å². The molecule has 0 aliphatic carbocycles. The molecule has 98 valence electrons. The van der Waals surface area contributed by atoms with Gasteiger partial charge in [0.25, 0.3) is 5.69 Å². The SMILES string of the molecule is CN(C)C(C)(Cc1ccc([N+](=O)[O-])cc1)C(=O)O. The first-order valence-electron chi connectivity index (χ1n) is 5.41. The predicted molar refractivity (Wildman–Crippen MR) is 66.5 cm³/mol. The van der Waals surface area contributed by atoms with E-state index in [0.717, 1.165) is 5.56 Å². The van der Waals surface area contributed by atoms with Gasteiger partial charge >= 0.3 is 5.97 Å². The second-order valence-electron chi connectivity index (χ2n) is 4.57. The lowest BCUT2D eigenvalue weighted by atomic mass is 9.91. The van der Waals surface area contributed by atoms with Crippen LogP contribution in [0, 0.1) is 10.1 Å². The smallest absolute Gasteiger partial charge is 0.324 e. The number of hydrogen-bond acceptors (Lipinski definition) is 4. The number of carboxylic acid groups (broad SMARTS) is 1. The Morgan fingerprint density at radius 1 is 1.39 bits per heavy atom. The van der Waals surface area contributed by atoms with E-state index in [-0.39, 0.29) is 12.1 Å². The summed E-state index contributed by atoms with van der Waals surface area (Å²) in [5.41, 5.74) is -0.282. The molecular formula is C12H16N2O4. The Labute approximate surface area is 105 Å². The maximum Gasteiger partial charge on any atom is 0.324 e. The maximum absolute atomic E-state index is 11.3. The molecule has 1 aromatic rings. The molecule has 0 fully saturated rings. The van der Waals surface area contributed by atoms with Crippen LogP contribution in [0.5, 0.6) is 0 Å². The summed E-state index contributed by atoms with van der Waals surface area (Å²) in [5.74, 6) is -0.925. The summed E-state index contributed by atoms with van der Waals surface area (Å²) in [5, 5.41) is 19.8. The van der Waals surface area contributed by atoms with Gasteiger partial charge in [-0.2, -0.15) is 0 Å². The Kier molecular flexibility index (Phi) is 4.03. The number of likely N-dealkylation sites (N-methyl/N-ethyl adjacent to an activating group) is 1. The average molecular weight is 252 g/mol. The summed E-state index contributed by atoms with van der Waals surface area (Å²) < 4.78 is 0. The van der Waals surface area contributed by atoms with E-state index >= 15 is 0 Å². The number of carboxylic acids is 1. The third kappa shape index (κ3) is 2.84. The standard InChI is InChI=1S/C12H16N2O4/c1-12(11(15)16,13(2)3)8-9-4-6-10(7-5-9)14(17)18/h4-7H,8H2,1-3H3,(H,15,16). The Morgan fingerprint density at radius 2 is 1.89 bits per heavy atom. The molecule has 0 spiro atoms. The molecule has 6 nitrogen and oxygen atoms in total. The number of rotatable bonds is 5. The largest absolute Gasteiger partial charge is 0.480 e. The van der Waals surface area contributed by atoms with Crippen molar-refractivity contribution in [2.24, 2.45) is 0 Å². The molecule has 0 aliphatic heterocycles. The third-order valence-corrected chi connectivity index (χ3v) is 3.14. The topological polar surface area (TPSA) is 83.7 Å². The number of benzene rings is 1. The van der Waals surface area contributed by atoms with Gasteiger partial charge in [-0.15, -0.1) is 0 Å². The highest BCUT2D eigenvalue weighted by Gasteiger charge is 2.35. The molecule has 0 aliphatic rings. The van der Waals surface area contributed by atoms with E-state index < -0.39 is 16.4 Å². The lowest BCUT2D eigenvalue weighted by Gasteiger charge is -2.32. The van der Waals surface area contributed by atoms with Crippen LogP contribution in [0.15, 0.2) is 24.3 Å². The van der Waals surface area contributed by atoms with E-state index in [4.69, 9.17) is 0 Å². The van der Waals surface area contributed by atoms with Crippen LogP contribution in [0.4, 0.5) is 5.69 Å². The van der Waals surface area contributed by atoms with Gasteiger partial charge in [0.05, 0.1) is 4.92 Å². The first-order valence-corrected chi connectivity index (χ1v) is 5.41. The van der Waals surface area contributed by atoms with E-state index in [1.165, 1.54) is 12.1 Å². The summed E-state index contributed by atoms with van der Waals surface area (Å²) >= 11 is 0. The van der Waals surface area contributed by atoms with Crippen molar-refractivity contribution >= 4 is 11.7 Å². The Balaban J connectivity index is 2.95. The van der Waals surface area contributed by atoms with Crippen LogP contribution < -0.4 is 0 Å². The fourth-order valence-electron chi connectivity index (χ4n) is 1.56. The Bertz CT molecular complexity index is 456. The molecule has 1 atom stereocenters. The minimum atomic E-state index is -1.03. The monoisotopic (exact) mass is 252 g/mol. The highest BCUT2D eigenvalue weighted by molar-refractivity contribution is 5.78. The van der Waals surface area contributed by atoms with Crippen molar-refractivity contribution in [3.05, 3.63) is 39.9 Å². The second kappa shape index (κ2) is 5.14. The van der Waals surface area contributed by atoms with Crippen molar-refractivity contribution in [3.63, 3.8) is 0 Å². The van der Waals surface area contributed by atoms with E-state index in [9.17, 15) is 20.0 Å². The molecule has 1 unspecified atom stereocenters. The zero-order valence-electron chi connectivity index (χ0n) is 10.6. The molecule has 0 saturated carbocycles. The van der Waals surface area contributed by atoms with E-state index in [2.05, 4.69) is 0 Å². The quantitative estimate of drug-likeness (QED) is 0.634. The molecule has 0 bridgehead atoms. The van der Waals surface area contributed by atoms with Crippen LogP contribution in [0.2, 0.25) is 0 Å². The molecular weight excluding hydrogens is 236 g/mol. The zero-order valence-corrected chi connectivity index (χ0v) is 10.6. The molecule has 0 heterocycles. The number of nitro benzene ring substituents is 1. The van der Waals surface area contributed by atoms with Gasteiger partial charge in [0, 0.05) is 18.6 Å². The molecule has 0 radical (unpaired) electrons. The summed E-state index contributed by atoms with van der Waals surface area (Å²) in [6, 6.07) is 5.94. The highest BCUT2D eigenvalue weighted by atomic mass is 16.6. The van der Waals surface area contributed by atoms with Crippen LogP contribution in [0.3, 0.4) is 0 Å². The van der Waals surface area contributed by atoms with Crippen molar-refractivity contribution in [3.8, 4) is 0 Å². The first kappa shape index (κ1) is 14.1. The van der Waals surface area contributed by atoms with Gasteiger partial charge in [0.15, 0.2) is 0 Å². The number of non-ortho nitro benzene ring substituents is 1. The minimum absolute atomic E-state index is 0.000584. The van der Waals surface area contributed by atoms with Crippen LogP contribution in [0.25, 0.3) is 0 Å². The Hall–Kier alpha value is -1.95. The van der Waals surface area contributed by atoms with Crippen molar-refractivity contribution in [1.29, 1.82) is 0 Å². The number of carbonyl (C=O) groups is 1. The summed E-state index contributed by atoms with van der Waals surface area (Å²) in [6.45, 7) is 1.62. The normalized spacial score (nSPS) is 14.2. The van der Waals surface area contributed by atoms with Gasteiger partial charge in [-0.05, 0) is 26.6 Å². The lowest BCUT2D eigenvalue weighted by molar-refractivity contribution is -0.384. The van der Waals surface area contributed by atoms with Crippen molar-refractivity contribution < 1.29 is 14.8 Å².